The van der Waals surface area contributed by atoms with E-state index in [1.807, 2.05) is 0 Å². The van der Waals surface area contributed by atoms with Gasteiger partial charge in [-0.3, -0.25) is 0 Å². The highest BCUT2D eigenvalue weighted by molar-refractivity contribution is 7.90. The summed E-state index contributed by atoms with van der Waals surface area (Å²) in [6.45, 7) is 0.709. The molecule has 2 N–H and O–H groups in total. The van der Waals surface area contributed by atoms with Crippen LogP contribution in [-0.4, -0.2) is 50.1 Å². The van der Waals surface area contributed by atoms with Crippen molar-refractivity contribution in [3.8, 4) is 11.1 Å². The lowest BCUT2D eigenvalue weighted by molar-refractivity contribution is -0.0394. The molecule has 0 aliphatic carbocycles. The van der Waals surface area contributed by atoms with Crippen LogP contribution in [-0.2, 0) is 14.8 Å². The van der Waals surface area contributed by atoms with Gasteiger partial charge in [-0.2, -0.15) is 13.5 Å². The molecule has 140 valence electrons. The van der Waals surface area contributed by atoms with Crippen molar-refractivity contribution in [1.29, 1.82) is 0 Å². The second kappa shape index (κ2) is 7.46. The summed E-state index contributed by atoms with van der Waals surface area (Å²) in [7, 11) is -0.489. The number of aromatic nitrogens is 2. The number of hydrogen-bond donors (Lipinski definition) is 1. The van der Waals surface area contributed by atoms with Crippen molar-refractivity contribution in [2.75, 3.05) is 26.4 Å². The minimum atomic E-state index is -3.89. The Labute approximate surface area is 153 Å². The number of nitrogen functional groups attached to an aromatic ring is 1. The molecule has 9 heteroatoms. The average Bonchev–Trinajstić information content (AvgIpc) is 3.11. The number of sulfonamides is 1. The Morgan fingerprint density at radius 3 is 2.88 bits per heavy atom. The van der Waals surface area contributed by atoms with Crippen molar-refractivity contribution in [2.24, 2.45) is 4.40 Å². The van der Waals surface area contributed by atoms with Gasteiger partial charge >= 0.3 is 0 Å². The van der Waals surface area contributed by atoms with E-state index in [0.29, 0.717) is 23.4 Å². The van der Waals surface area contributed by atoms with Crippen LogP contribution in [0, 0.1) is 0 Å². The van der Waals surface area contributed by atoms with Gasteiger partial charge in [-0.05, 0) is 31.4 Å². The summed E-state index contributed by atoms with van der Waals surface area (Å²) in [5.41, 5.74) is 7.36. The maximum Gasteiger partial charge on any atom is 0.284 e. The molecule has 1 aromatic heterocycles. The molecule has 0 radical (unpaired) electrons. The molecular weight excluding hydrogens is 354 g/mol. The zero-order chi connectivity index (χ0) is 18.7. The normalized spacial score (nSPS) is 18.3. The molecule has 1 unspecified atom stereocenters. The summed E-state index contributed by atoms with van der Waals surface area (Å²) in [4.78, 5) is 1.61. The largest absolute Gasteiger partial charge is 0.399 e. The summed E-state index contributed by atoms with van der Waals surface area (Å²) in [6.07, 6.45) is 7.60. The molecule has 26 heavy (non-hydrogen) atoms. The first-order valence-electron chi connectivity index (χ1n) is 8.39. The van der Waals surface area contributed by atoms with Gasteiger partial charge in [0.1, 0.15) is 12.6 Å². The second-order valence-corrected chi connectivity index (χ2v) is 8.05. The van der Waals surface area contributed by atoms with Crippen LogP contribution in [0.2, 0.25) is 0 Å². The van der Waals surface area contributed by atoms with Gasteiger partial charge < -0.3 is 15.4 Å². The molecule has 1 fully saturated rings. The Morgan fingerprint density at radius 1 is 1.38 bits per heavy atom. The maximum absolute atomic E-state index is 12.7. The van der Waals surface area contributed by atoms with Crippen LogP contribution in [0.25, 0.3) is 11.1 Å². The van der Waals surface area contributed by atoms with E-state index in [1.165, 1.54) is 12.4 Å². The summed E-state index contributed by atoms with van der Waals surface area (Å²) in [5.74, 6) is 0. The van der Waals surface area contributed by atoms with Crippen molar-refractivity contribution in [3.05, 3.63) is 30.6 Å². The van der Waals surface area contributed by atoms with Gasteiger partial charge in [0.25, 0.3) is 10.0 Å². The van der Waals surface area contributed by atoms with Crippen molar-refractivity contribution in [3.63, 3.8) is 0 Å². The lowest BCUT2D eigenvalue weighted by atomic mass is 10.1. The molecular formula is C17H23N5O3S. The second-order valence-electron chi connectivity index (χ2n) is 6.45. The highest BCUT2D eigenvalue weighted by atomic mass is 32.2. The Balaban J connectivity index is 2.00. The lowest BCUT2D eigenvalue weighted by Crippen LogP contribution is -2.18. The minimum absolute atomic E-state index is 0.0553. The van der Waals surface area contributed by atoms with E-state index in [9.17, 15) is 8.42 Å². The Bertz CT molecular complexity index is 899. The summed E-state index contributed by atoms with van der Waals surface area (Å²) in [6, 6.07) is 4.76. The van der Waals surface area contributed by atoms with Crippen molar-refractivity contribution in [2.45, 2.75) is 30.4 Å². The zero-order valence-electron chi connectivity index (χ0n) is 14.9. The van der Waals surface area contributed by atoms with Gasteiger partial charge in [-0.25, -0.2) is 4.68 Å². The third kappa shape index (κ3) is 4.05. The van der Waals surface area contributed by atoms with Gasteiger partial charge in [-0.1, -0.05) is 6.07 Å². The number of ether oxygens (including phenoxy) is 1. The predicted octanol–water partition coefficient (Wildman–Crippen LogP) is 2.11. The number of nitrogens with zero attached hydrogens (tertiary/aromatic N) is 4. The van der Waals surface area contributed by atoms with Gasteiger partial charge in [0.15, 0.2) is 0 Å². The summed E-state index contributed by atoms with van der Waals surface area (Å²) < 4.78 is 36.5. The lowest BCUT2D eigenvalue weighted by Gasteiger charge is -2.22. The van der Waals surface area contributed by atoms with Gasteiger partial charge in [0, 0.05) is 43.7 Å². The Hall–Kier alpha value is -2.39. The van der Waals surface area contributed by atoms with E-state index in [2.05, 4.69) is 9.50 Å². The molecule has 1 aromatic carbocycles. The molecule has 3 rings (SSSR count). The average molecular weight is 377 g/mol. The minimum Gasteiger partial charge on any atom is -0.399 e. The van der Waals surface area contributed by atoms with Crippen molar-refractivity contribution >= 4 is 22.0 Å². The standard InChI is InChI=1S/C17H23N5O3S/c1-21(2)12-20-26(23,24)16-9-14(18)6-7-15(16)13-10-19-22(11-13)17-5-3-4-8-25-17/h6-7,9-12,17H,3-5,8,18H2,1-2H3/b20-12+. The highest BCUT2D eigenvalue weighted by Crippen LogP contribution is 2.31. The van der Waals surface area contributed by atoms with Gasteiger partial charge in [-0.15, -0.1) is 4.40 Å². The molecule has 2 aromatic rings. The van der Waals surface area contributed by atoms with Crippen LogP contribution < -0.4 is 5.73 Å². The number of hydrogen-bond acceptors (Lipinski definition) is 5. The Kier molecular flexibility index (Phi) is 5.28. The number of rotatable bonds is 5. The van der Waals surface area contributed by atoms with E-state index in [0.717, 1.165) is 19.3 Å². The molecule has 8 nitrogen and oxygen atoms in total. The van der Waals surface area contributed by atoms with Crippen LogP contribution >= 0.6 is 0 Å². The maximum atomic E-state index is 12.7. The van der Waals surface area contributed by atoms with Crippen LogP contribution in [0.5, 0.6) is 0 Å². The van der Waals surface area contributed by atoms with Crippen LogP contribution in [0.1, 0.15) is 25.5 Å². The first-order chi connectivity index (χ1) is 12.4. The molecule has 2 heterocycles. The molecule has 0 bridgehead atoms. The SMILES string of the molecule is CN(C)/C=N/S(=O)(=O)c1cc(N)ccc1-c1cnn(C2CCCCO2)c1. The number of anilines is 1. The smallest absolute Gasteiger partial charge is 0.284 e. The fraction of sp³-hybridized carbons (Fsp3) is 0.412. The number of benzene rings is 1. The van der Waals surface area contributed by atoms with E-state index >= 15 is 0 Å². The van der Waals surface area contributed by atoms with E-state index < -0.39 is 10.0 Å². The molecule has 0 amide bonds. The summed E-state index contributed by atoms with van der Waals surface area (Å²) >= 11 is 0. The van der Waals surface area contributed by atoms with Gasteiger partial charge in [0.05, 0.1) is 11.1 Å². The fourth-order valence-corrected chi connectivity index (χ4v) is 3.95. The molecule has 1 aliphatic heterocycles. The molecule has 1 atom stereocenters. The van der Waals surface area contributed by atoms with E-state index in [1.54, 1.807) is 48.2 Å². The first kappa shape index (κ1) is 18.4. The topological polar surface area (TPSA) is 103 Å². The predicted molar refractivity (Wildman–Crippen MR) is 100 cm³/mol. The molecule has 1 aliphatic rings. The molecule has 0 saturated carbocycles. The van der Waals surface area contributed by atoms with Crippen molar-refractivity contribution in [1.82, 2.24) is 14.7 Å². The monoisotopic (exact) mass is 377 g/mol. The van der Waals surface area contributed by atoms with E-state index in [-0.39, 0.29) is 11.1 Å². The van der Waals surface area contributed by atoms with E-state index in [4.69, 9.17) is 10.5 Å². The third-order valence-corrected chi connectivity index (χ3v) is 5.33. The first-order valence-corrected chi connectivity index (χ1v) is 9.83. The van der Waals surface area contributed by atoms with Crippen LogP contribution in [0.15, 0.2) is 39.9 Å². The zero-order valence-corrected chi connectivity index (χ0v) is 15.7. The third-order valence-electron chi connectivity index (χ3n) is 4.06. The Morgan fingerprint density at radius 2 is 2.19 bits per heavy atom. The number of nitrogens with two attached hydrogens (primary N) is 1. The summed E-state index contributed by atoms with van der Waals surface area (Å²) in [5, 5.41) is 4.35. The van der Waals surface area contributed by atoms with Crippen molar-refractivity contribution < 1.29 is 13.2 Å². The molecule has 1 saturated heterocycles. The van der Waals surface area contributed by atoms with Crippen LogP contribution in [0.3, 0.4) is 0 Å². The van der Waals surface area contributed by atoms with Crippen LogP contribution in [0.4, 0.5) is 5.69 Å². The van der Waals surface area contributed by atoms with Gasteiger partial charge in [0.2, 0.25) is 0 Å². The quantitative estimate of drug-likeness (QED) is 0.486. The fourth-order valence-electron chi connectivity index (χ4n) is 2.77. The molecule has 0 spiro atoms. The highest BCUT2D eigenvalue weighted by Gasteiger charge is 2.22.